The first-order valence-corrected chi connectivity index (χ1v) is 9.48. The van der Waals surface area contributed by atoms with Crippen molar-refractivity contribution in [2.75, 3.05) is 11.1 Å². The fourth-order valence-corrected chi connectivity index (χ4v) is 3.80. The Morgan fingerprint density at radius 1 is 1.38 bits per heavy atom. The second-order valence-corrected chi connectivity index (χ2v) is 7.76. The van der Waals surface area contributed by atoms with Crippen molar-refractivity contribution in [2.24, 2.45) is 0 Å². The lowest BCUT2D eigenvalue weighted by molar-refractivity contribution is -0.113. The summed E-state index contributed by atoms with van der Waals surface area (Å²) in [5.41, 5.74) is 1.30. The van der Waals surface area contributed by atoms with Crippen LogP contribution in [0.3, 0.4) is 0 Å². The number of aryl methyl sites for hydroxylation is 1. The highest BCUT2D eigenvalue weighted by atomic mass is 35.5. The first-order chi connectivity index (χ1) is 11.5. The lowest BCUT2D eigenvalue weighted by Gasteiger charge is -2.05. The molecule has 3 aromatic rings. The van der Waals surface area contributed by atoms with Gasteiger partial charge in [-0.25, -0.2) is 4.98 Å². The summed E-state index contributed by atoms with van der Waals surface area (Å²) < 4.78 is 1.54. The van der Waals surface area contributed by atoms with Crippen LogP contribution in [-0.2, 0) is 10.5 Å². The summed E-state index contributed by atoms with van der Waals surface area (Å²) in [6, 6.07) is 8.46. The van der Waals surface area contributed by atoms with Crippen LogP contribution >= 0.6 is 34.7 Å². The Hall–Kier alpha value is -1.83. The number of amides is 1. The van der Waals surface area contributed by atoms with Crippen molar-refractivity contribution >= 4 is 51.3 Å². The maximum atomic E-state index is 12.0. The van der Waals surface area contributed by atoms with Gasteiger partial charge in [-0.05, 0) is 31.2 Å². The molecule has 2 heterocycles. The summed E-state index contributed by atoms with van der Waals surface area (Å²) >= 11 is 8.70. The number of benzene rings is 1. The standard InChI is InChI=1S/C16H14ClN3O2S2/c1-10-7-20-15(22)6-13(19-16(20)24-10)8-23-9-14(21)18-12-4-2-11(17)3-5-12/h2-7H,8-9H2,1H3,(H,18,21). The Morgan fingerprint density at radius 2 is 2.12 bits per heavy atom. The molecule has 0 unspecified atom stereocenters. The molecule has 24 heavy (non-hydrogen) atoms. The zero-order valence-corrected chi connectivity index (χ0v) is 15.2. The number of nitrogens with one attached hydrogen (secondary N) is 1. The minimum absolute atomic E-state index is 0.0921. The second kappa shape index (κ2) is 7.38. The molecule has 0 aliphatic rings. The average Bonchev–Trinajstić information content (AvgIpc) is 2.91. The van der Waals surface area contributed by atoms with Crippen LogP contribution < -0.4 is 10.9 Å². The summed E-state index contributed by atoms with van der Waals surface area (Å²) in [6.45, 7) is 1.94. The predicted molar refractivity (Wildman–Crippen MR) is 100 cm³/mol. The molecule has 1 N–H and O–H groups in total. The van der Waals surface area contributed by atoms with Crippen LogP contribution in [0.4, 0.5) is 5.69 Å². The molecule has 1 aromatic carbocycles. The first kappa shape index (κ1) is 17.0. The summed E-state index contributed by atoms with van der Waals surface area (Å²) in [5.74, 6) is 0.691. The van der Waals surface area contributed by atoms with E-state index in [-0.39, 0.29) is 17.2 Å². The Bertz CT molecular complexity index is 935. The van der Waals surface area contributed by atoms with E-state index in [0.717, 1.165) is 4.88 Å². The number of carbonyl (C=O) groups excluding carboxylic acids is 1. The number of hydrogen-bond acceptors (Lipinski definition) is 5. The van der Waals surface area contributed by atoms with Crippen LogP contribution in [0.1, 0.15) is 10.6 Å². The topological polar surface area (TPSA) is 63.5 Å². The molecule has 8 heteroatoms. The SMILES string of the molecule is Cc1cn2c(=O)cc(CSCC(=O)Nc3ccc(Cl)cc3)nc2s1. The quantitative estimate of drug-likeness (QED) is 0.735. The van der Waals surface area contributed by atoms with E-state index in [1.54, 1.807) is 34.9 Å². The molecule has 0 atom stereocenters. The predicted octanol–water partition coefficient (Wildman–Crippen LogP) is 3.59. The van der Waals surface area contributed by atoms with Crippen LogP contribution in [-0.4, -0.2) is 21.0 Å². The number of fused-ring (bicyclic) bond motifs is 1. The largest absolute Gasteiger partial charge is 0.325 e. The molecule has 0 spiro atoms. The van der Waals surface area contributed by atoms with Gasteiger partial charge in [-0.2, -0.15) is 0 Å². The number of hydrogen-bond donors (Lipinski definition) is 1. The highest BCUT2D eigenvalue weighted by molar-refractivity contribution is 7.99. The van der Waals surface area contributed by atoms with Gasteiger partial charge in [-0.15, -0.1) is 23.1 Å². The van der Waals surface area contributed by atoms with Crippen molar-refractivity contribution in [2.45, 2.75) is 12.7 Å². The van der Waals surface area contributed by atoms with E-state index < -0.39 is 0 Å². The first-order valence-electron chi connectivity index (χ1n) is 7.13. The maximum Gasteiger partial charge on any atom is 0.258 e. The van der Waals surface area contributed by atoms with Gasteiger partial charge in [0.05, 0.1) is 11.4 Å². The zero-order valence-electron chi connectivity index (χ0n) is 12.8. The highest BCUT2D eigenvalue weighted by Crippen LogP contribution is 2.17. The van der Waals surface area contributed by atoms with Crippen LogP contribution in [0.5, 0.6) is 0 Å². The van der Waals surface area contributed by atoms with E-state index in [2.05, 4.69) is 10.3 Å². The number of aromatic nitrogens is 2. The molecule has 0 radical (unpaired) electrons. The minimum atomic E-state index is -0.105. The van der Waals surface area contributed by atoms with Crippen LogP contribution in [0.15, 0.2) is 41.3 Å². The molecule has 1 amide bonds. The number of thiazole rings is 1. The number of anilines is 1. The fraction of sp³-hybridized carbons (Fsp3) is 0.188. The van der Waals surface area contributed by atoms with Gasteiger partial charge in [0.15, 0.2) is 4.96 Å². The molecule has 0 saturated carbocycles. The summed E-state index contributed by atoms with van der Waals surface area (Å²) in [7, 11) is 0. The molecule has 2 aromatic heterocycles. The molecule has 0 aliphatic carbocycles. The monoisotopic (exact) mass is 379 g/mol. The Morgan fingerprint density at radius 3 is 2.88 bits per heavy atom. The summed E-state index contributed by atoms with van der Waals surface area (Å²) in [4.78, 5) is 30.1. The third kappa shape index (κ3) is 4.17. The second-order valence-electron chi connectivity index (χ2n) is 5.13. The number of rotatable bonds is 5. The van der Waals surface area contributed by atoms with Gasteiger partial charge in [0.25, 0.3) is 5.56 Å². The van der Waals surface area contributed by atoms with Crippen molar-refractivity contribution < 1.29 is 4.79 Å². The lowest BCUT2D eigenvalue weighted by Crippen LogP contribution is -2.15. The van der Waals surface area contributed by atoms with Crippen LogP contribution in [0.2, 0.25) is 5.02 Å². The Kier molecular flexibility index (Phi) is 5.23. The maximum absolute atomic E-state index is 12.0. The van der Waals surface area contributed by atoms with Gasteiger partial charge in [0, 0.05) is 33.6 Å². The fourth-order valence-electron chi connectivity index (χ4n) is 2.11. The summed E-state index contributed by atoms with van der Waals surface area (Å²) in [5, 5.41) is 3.42. The molecular weight excluding hydrogens is 366 g/mol. The number of halogens is 1. The van der Waals surface area contributed by atoms with E-state index in [9.17, 15) is 9.59 Å². The van der Waals surface area contributed by atoms with Gasteiger partial charge < -0.3 is 5.32 Å². The highest BCUT2D eigenvalue weighted by Gasteiger charge is 2.07. The normalized spacial score (nSPS) is 10.9. The molecular formula is C16H14ClN3O2S2. The Labute approximate surface area is 151 Å². The number of thioether (sulfide) groups is 1. The van der Waals surface area contributed by atoms with E-state index in [1.807, 2.05) is 6.92 Å². The van der Waals surface area contributed by atoms with Crippen molar-refractivity contribution in [1.29, 1.82) is 0 Å². The van der Waals surface area contributed by atoms with Gasteiger partial charge in [0.2, 0.25) is 5.91 Å². The lowest BCUT2D eigenvalue weighted by atomic mass is 10.3. The van der Waals surface area contributed by atoms with E-state index in [0.29, 0.717) is 27.1 Å². The van der Waals surface area contributed by atoms with Crippen LogP contribution in [0.25, 0.3) is 4.96 Å². The zero-order chi connectivity index (χ0) is 17.1. The summed E-state index contributed by atoms with van der Waals surface area (Å²) in [6.07, 6.45) is 1.78. The molecule has 0 bridgehead atoms. The minimum Gasteiger partial charge on any atom is -0.325 e. The van der Waals surface area contributed by atoms with Crippen molar-refractivity contribution in [3.05, 3.63) is 62.5 Å². The molecule has 0 aliphatic heterocycles. The molecule has 124 valence electrons. The molecule has 0 saturated heterocycles. The van der Waals surface area contributed by atoms with Gasteiger partial charge in [-0.1, -0.05) is 11.6 Å². The smallest absolute Gasteiger partial charge is 0.258 e. The van der Waals surface area contributed by atoms with Crippen molar-refractivity contribution in [1.82, 2.24) is 9.38 Å². The molecule has 3 rings (SSSR count). The third-order valence-electron chi connectivity index (χ3n) is 3.15. The average molecular weight is 380 g/mol. The van der Waals surface area contributed by atoms with E-state index >= 15 is 0 Å². The van der Waals surface area contributed by atoms with E-state index in [4.69, 9.17) is 11.6 Å². The van der Waals surface area contributed by atoms with Crippen LogP contribution in [0, 0.1) is 6.92 Å². The van der Waals surface area contributed by atoms with E-state index in [1.165, 1.54) is 29.2 Å². The number of carbonyl (C=O) groups is 1. The van der Waals surface area contributed by atoms with Crippen molar-refractivity contribution in [3.63, 3.8) is 0 Å². The van der Waals surface area contributed by atoms with Gasteiger partial charge in [-0.3, -0.25) is 14.0 Å². The van der Waals surface area contributed by atoms with Gasteiger partial charge in [0.1, 0.15) is 0 Å². The van der Waals surface area contributed by atoms with Crippen molar-refractivity contribution in [3.8, 4) is 0 Å². The van der Waals surface area contributed by atoms with Gasteiger partial charge >= 0.3 is 0 Å². The molecule has 0 fully saturated rings. The molecule has 5 nitrogen and oxygen atoms in total. The number of nitrogens with zero attached hydrogens (tertiary/aromatic N) is 2. The Balaban J connectivity index is 1.57. The third-order valence-corrected chi connectivity index (χ3v) is 5.26.